The van der Waals surface area contributed by atoms with Gasteiger partial charge in [-0.3, -0.25) is 9.59 Å². The van der Waals surface area contributed by atoms with Gasteiger partial charge in [-0.25, -0.2) is 4.68 Å². The predicted octanol–water partition coefficient (Wildman–Crippen LogP) is 2.53. The van der Waals surface area contributed by atoms with Crippen LogP contribution in [0.5, 0.6) is 17.2 Å². The van der Waals surface area contributed by atoms with E-state index in [1.807, 2.05) is 36.4 Å². The molecule has 2 aromatic carbocycles. The van der Waals surface area contributed by atoms with Crippen molar-refractivity contribution in [2.75, 3.05) is 13.9 Å². The fourth-order valence-corrected chi connectivity index (χ4v) is 3.12. The van der Waals surface area contributed by atoms with Gasteiger partial charge in [-0.05, 0) is 55.0 Å². The van der Waals surface area contributed by atoms with Crippen LogP contribution in [0.25, 0.3) is 11.3 Å². The van der Waals surface area contributed by atoms with Crippen molar-refractivity contribution >= 4 is 5.91 Å². The van der Waals surface area contributed by atoms with Crippen molar-refractivity contribution in [1.29, 1.82) is 0 Å². The van der Waals surface area contributed by atoms with Gasteiger partial charge in [0.05, 0.1) is 12.8 Å². The highest BCUT2D eigenvalue weighted by atomic mass is 16.7. The van der Waals surface area contributed by atoms with E-state index in [0.717, 1.165) is 16.9 Å². The van der Waals surface area contributed by atoms with Gasteiger partial charge < -0.3 is 19.5 Å². The van der Waals surface area contributed by atoms with Gasteiger partial charge >= 0.3 is 0 Å². The molecule has 0 aliphatic carbocycles. The number of fused-ring (bicyclic) bond motifs is 1. The minimum atomic E-state index is -0.773. The van der Waals surface area contributed by atoms with Gasteiger partial charge in [0.2, 0.25) is 12.7 Å². The Morgan fingerprint density at radius 1 is 1.13 bits per heavy atom. The molecule has 0 saturated carbocycles. The molecule has 0 bridgehead atoms. The maximum atomic E-state index is 12.7. The van der Waals surface area contributed by atoms with Gasteiger partial charge in [0.15, 0.2) is 11.5 Å². The topological polar surface area (TPSA) is 91.7 Å². The van der Waals surface area contributed by atoms with E-state index in [1.165, 1.54) is 10.7 Å². The second kappa shape index (κ2) is 8.28. The summed E-state index contributed by atoms with van der Waals surface area (Å²) >= 11 is 0. The van der Waals surface area contributed by atoms with Crippen LogP contribution in [0.3, 0.4) is 0 Å². The fraction of sp³-hybridized carbons (Fsp3) is 0.227. The summed E-state index contributed by atoms with van der Waals surface area (Å²) in [7, 11) is 1.59. The van der Waals surface area contributed by atoms with Crippen LogP contribution < -0.4 is 25.1 Å². The number of nitrogens with zero attached hydrogens (tertiary/aromatic N) is 2. The molecule has 2 heterocycles. The average Bonchev–Trinajstić information content (AvgIpc) is 3.25. The number of ether oxygens (including phenoxy) is 3. The van der Waals surface area contributed by atoms with Crippen LogP contribution in [-0.4, -0.2) is 29.6 Å². The minimum absolute atomic E-state index is 0.196. The molecule has 0 saturated heterocycles. The summed E-state index contributed by atoms with van der Waals surface area (Å²) in [5, 5.41) is 7.23. The number of amides is 1. The van der Waals surface area contributed by atoms with Crippen molar-refractivity contribution in [2.24, 2.45) is 0 Å². The summed E-state index contributed by atoms with van der Waals surface area (Å²) in [4.78, 5) is 25.0. The first-order valence-corrected chi connectivity index (χ1v) is 9.45. The molecule has 8 heteroatoms. The van der Waals surface area contributed by atoms with E-state index in [-0.39, 0.29) is 18.3 Å². The Kier molecular flexibility index (Phi) is 5.38. The van der Waals surface area contributed by atoms with Gasteiger partial charge in [-0.2, -0.15) is 5.10 Å². The average molecular weight is 407 g/mol. The minimum Gasteiger partial charge on any atom is -0.497 e. The molecule has 4 rings (SSSR count). The van der Waals surface area contributed by atoms with Gasteiger partial charge in [-0.15, -0.1) is 0 Å². The van der Waals surface area contributed by atoms with Crippen LogP contribution in [0, 0.1) is 0 Å². The second-order valence-corrected chi connectivity index (χ2v) is 6.81. The van der Waals surface area contributed by atoms with Crippen molar-refractivity contribution in [1.82, 2.24) is 15.1 Å². The number of hydrogen-bond acceptors (Lipinski definition) is 6. The van der Waals surface area contributed by atoms with Crippen molar-refractivity contribution in [3.05, 3.63) is 70.5 Å². The molecule has 154 valence electrons. The largest absolute Gasteiger partial charge is 0.497 e. The maximum Gasteiger partial charge on any atom is 0.267 e. The third-order valence-electron chi connectivity index (χ3n) is 4.86. The van der Waals surface area contributed by atoms with E-state index in [2.05, 4.69) is 10.4 Å². The van der Waals surface area contributed by atoms with E-state index in [4.69, 9.17) is 14.2 Å². The molecule has 1 aliphatic rings. The zero-order valence-electron chi connectivity index (χ0n) is 16.6. The number of aromatic nitrogens is 2. The maximum absolute atomic E-state index is 12.7. The van der Waals surface area contributed by atoms with Gasteiger partial charge in [0.1, 0.15) is 11.8 Å². The highest BCUT2D eigenvalue weighted by Gasteiger charge is 2.19. The lowest BCUT2D eigenvalue weighted by molar-refractivity contribution is -0.124. The molecule has 8 nitrogen and oxygen atoms in total. The molecule has 1 N–H and O–H groups in total. The second-order valence-electron chi connectivity index (χ2n) is 6.81. The number of nitrogens with one attached hydrogen (secondary N) is 1. The summed E-state index contributed by atoms with van der Waals surface area (Å²) in [6.07, 6.45) is 0. The number of hydrogen-bond donors (Lipinski definition) is 1. The molecule has 3 aromatic rings. The Balaban J connectivity index is 1.48. The molecule has 0 fully saturated rings. The molecule has 1 aliphatic heterocycles. The highest BCUT2D eigenvalue weighted by Crippen LogP contribution is 2.32. The highest BCUT2D eigenvalue weighted by molar-refractivity contribution is 5.79. The molecule has 1 unspecified atom stereocenters. The van der Waals surface area contributed by atoms with Gasteiger partial charge in [-0.1, -0.05) is 6.07 Å². The molecule has 0 spiro atoms. The first-order chi connectivity index (χ1) is 14.5. The Hall–Kier alpha value is -3.81. The van der Waals surface area contributed by atoms with Crippen molar-refractivity contribution in [3.8, 4) is 28.5 Å². The van der Waals surface area contributed by atoms with Crippen LogP contribution in [0.4, 0.5) is 0 Å². The summed E-state index contributed by atoms with van der Waals surface area (Å²) in [6, 6.07) is 15.1. The van der Waals surface area contributed by atoms with Crippen molar-refractivity contribution in [3.63, 3.8) is 0 Å². The number of benzene rings is 2. The molecule has 1 aromatic heterocycles. The molecule has 0 radical (unpaired) electrons. The lowest BCUT2D eigenvalue weighted by Crippen LogP contribution is -2.36. The third kappa shape index (κ3) is 3.98. The lowest BCUT2D eigenvalue weighted by atomic mass is 10.1. The lowest BCUT2D eigenvalue weighted by Gasteiger charge is -2.15. The van der Waals surface area contributed by atoms with Gasteiger partial charge in [0, 0.05) is 18.2 Å². The van der Waals surface area contributed by atoms with Gasteiger partial charge in [0.25, 0.3) is 5.56 Å². The van der Waals surface area contributed by atoms with Crippen molar-refractivity contribution < 1.29 is 19.0 Å². The van der Waals surface area contributed by atoms with Crippen LogP contribution in [0.2, 0.25) is 0 Å². The zero-order chi connectivity index (χ0) is 21.1. The van der Waals surface area contributed by atoms with E-state index in [9.17, 15) is 9.59 Å². The monoisotopic (exact) mass is 407 g/mol. The summed E-state index contributed by atoms with van der Waals surface area (Å²) in [6.45, 7) is 2.13. The number of methoxy groups -OCH3 is 1. The predicted molar refractivity (Wildman–Crippen MR) is 110 cm³/mol. The standard InChI is InChI=1S/C22H21N3O5/c1-14(22(27)23-12-15-3-9-19-20(11-15)30-13-29-19)25-21(26)10-8-18(24-25)16-4-6-17(28-2)7-5-16/h3-11,14H,12-13H2,1-2H3,(H,23,27). The smallest absolute Gasteiger partial charge is 0.267 e. The van der Waals surface area contributed by atoms with E-state index >= 15 is 0 Å². The molecule has 1 atom stereocenters. The van der Waals surface area contributed by atoms with Crippen LogP contribution in [-0.2, 0) is 11.3 Å². The number of carbonyl (C=O) groups excluding carboxylic acids is 1. The molecular weight excluding hydrogens is 386 g/mol. The van der Waals surface area contributed by atoms with E-state index < -0.39 is 6.04 Å². The van der Waals surface area contributed by atoms with Crippen LogP contribution >= 0.6 is 0 Å². The normalized spacial score (nSPS) is 13.0. The van der Waals surface area contributed by atoms with Crippen molar-refractivity contribution in [2.45, 2.75) is 19.5 Å². The Morgan fingerprint density at radius 2 is 1.90 bits per heavy atom. The van der Waals surface area contributed by atoms with E-state index in [1.54, 1.807) is 26.2 Å². The SMILES string of the molecule is COc1ccc(-c2ccc(=O)n(C(C)C(=O)NCc3ccc4c(c3)OCO4)n2)cc1. The van der Waals surface area contributed by atoms with Crippen LogP contribution in [0.1, 0.15) is 18.5 Å². The molecular formula is C22H21N3O5. The number of rotatable bonds is 6. The zero-order valence-corrected chi connectivity index (χ0v) is 16.6. The first kappa shape index (κ1) is 19.5. The van der Waals surface area contributed by atoms with Crippen LogP contribution in [0.15, 0.2) is 59.4 Å². The Bertz CT molecular complexity index is 1120. The Labute approximate surface area is 173 Å². The third-order valence-corrected chi connectivity index (χ3v) is 4.86. The Morgan fingerprint density at radius 3 is 2.67 bits per heavy atom. The van der Waals surface area contributed by atoms with E-state index in [0.29, 0.717) is 23.7 Å². The summed E-state index contributed by atoms with van der Waals surface area (Å²) < 4.78 is 17.0. The quantitative estimate of drug-likeness (QED) is 0.675. The first-order valence-electron chi connectivity index (χ1n) is 9.45. The summed E-state index contributed by atoms with van der Waals surface area (Å²) in [5.74, 6) is 1.75. The molecule has 1 amide bonds. The summed E-state index contributed by atoms with van der Waals surface area (Å²) in [5.41, 5.74) is 1.93. The molecule has 30 heavy (non-hydrogen) atoms. The fourth-order valence-electron chi connectivity index (χ4n) is 3.12. The number of carbonyl (C=O) groups is 1.